The molecule has 1 aromatic heterocycles. The van der Waals surface area contributed by atoms with Crippen LogP contribution in [0.3, 0.4) is 0 Å². The van der Waals surface area contributed by atoms with Gasteiger partial charge < -0.3 is 9.32 Å². The van der Waals surface area contributed by atoms with Crippen LogP contribution >= 0.6 is 0 Å². The van der Waals surface area contributed by atoms with Crippen molar-refractivity contribution in [2.24, 2.45) is 0 Å². The van der Waals surface area contributed by atoms with Crippen molar-refractivity contribution in [3.63, 3.8) is 0 Å². The maximum Gasteiger partial charge on any atom is 0.247 e. The standard InChI is InChI=1S/C20H21FN4O/c21-17-9-7-16(8-10-17)20-23-22-19(26-20)15-24-11-4-12-25(14-13-24)18-5-2-1-3-6-18/h1-3,5-10H,4,11-15H2. The van der Waals surface area contributed by atoms with Crippen LogP contribution < -0.4 is 4.90 Å². The zero-order valence-electron chi connectivity index (χ0n) is 14.5. The summed E-state index contributed by atoms with van der Waals surface area (Å²) >= 11 is 0. The van der Waals surface area contributed by atoms with E-state index in [9.17, 15) is 4.39 Å². The van der Waals surface area contributed by atoms with Crippen molar-refractivity contribution in [2.45, 2.75) is 13.0 Å². The summed E-state index contributed by atoms with van der Waals surface area (Å²) < 4.78 is 18.8. The summed E-state index contributed by atoms with van der Waals surface area (Å²) in [6, 6.07) is 16.6. The number of aromatic nitrogens is 2. The molecule has 0 N–H and O–H groups in total. The Morgan fingerprint density at radius 2 is 1.69 bits per heavy atom. The molecule has 1 fully saturated rings. The lowest BCUT2D eigenvalue weighted by Crippen LogP contribution is -2.30. The quantitative estimate of drug-likeness (QED) is 0.718. The molecule has 3 aromatic rings. The average molecular weight is 352 g/mol. The minimum absolute atomic E-state index is 0.277. The maximum atomic E-state index is 13.0. The van der Waals surface area contributed by atoms with E-state index in [-0.39, 0.29) is 5.82 Å². The van der Waals surface area contributed by atoms with Gasteiger partial charge in [-0.2, -0.15) is 0 Å². The van der Waals surface area contributed by atoms with Crippen LogP contribution in [-0.2, 0) is 6.54 Å². The summed E-state index contributed by atoms with van der Waals surface area (Å²) in [6.07, 6.45) is 1.09. The molecular weight excluding hydrogens is 331 g/mol. The van der Waals surface area contributed by atoms with Gasteiger partial charge in [-0.3, -0.25) is 4.90 Å². The first-order valence-electron chi connectivity index (χ1n) is 8.88. The molecule has 0 saturated carbocycles. The van der Waals surface area contributed by atoms with E-state index >= 15 is 0 Å². The van der Waals surface area contributed by atoms with E-state index in [0.717, 1.165) is 38.2 Å². The van der Waals surface area contributed by atoms with E-state index in [1.807, 2.05) is 6.07 Å². The van der Waals surface area contributed by atoms with Crippen molar-refractivity contribution in [2.75, 3.05) is 31.1 Å². The normalized spacial score (nSPS) is 15.8. The Kier molecular flexibility index (Phi) is 4.93. The van der Waals surface area contributed by atoms with Crippen molar-refractivity contribution in [1.29, 1.82) is 0 Å². The third kappa shape index (κ3) is 3.91. The number of hydrogen-bond donors (Lipinski definition) is 0. The molecule has 1 aliphatic rings. The minimum Gasteiger partial charge on any atom is -0.419 e. The largest absolute Gasteiger partial charge is 0.419 e. The lowest BCUT2D eigenvalue weighted by atomic mass is 10.2. The van der Waals surface area contributed by atoms with Crippen LogP contribution in [-0.4, -0.2) is 41.3 Å². The molecule has 1 aliphatic heterocycles. The second kappa shape index (κ2) is 7.66. The van der Waals surface area contributed by atoms with Gasteiger partial charge in [0.15, 0.2) is 0 Å². The third-order valence-corrected chi connectivity index (χ3v) is 4.63. The molecule has 134 valence electrons. The van der Waals surface area contributed by atoms with E-state index in [1.54, 1.807) is 12.1 Å². The summed E-state index contributed by atoms with van der Waals surface area (Å²) in [5.41, 5.74) is 2.00. The Bertz CT molecular complexity index is 835. The Labute approximate surface area is 152 Å². The molecule has 1 saturated heterocycles. The average Bonchev–Trinajstić information content (AvgIpc) is 3.01. The number of anilines is 1. The van der Waals surface area contributed by atoms with Crippen molar-refractivity contribution in [3.8, 4) is 11.5 Å². The van der Waals surface area contributed by atoms with Gasteiger partial charge in [0.1, 0.15) is 5.82 Å². The fraction of sp³-hybridized carbons (Fsp3) is 0.300. The molecule has 4 rings (SSSR count). The molecule has 0 radical (unpaired) electrons. The number of nitrogens with zero attached hydrogens (tertiary/aromatic N) is 4. The maximum absolute atomic E-state index is 13.0. The van der Waals surface area contributed by atoms with Gasteiger partial charge in [-0.05, 0) is 42.8 Å². The Hall–Kier alpha value is -2.73. The molecular formula is C20H21FN4O. The van der Waals surface area contributed by atoms with Crippen LogP contribution in [0.25, 0.3) is 11.5 Å². The highest BCUT2D eigenvalue weighted by molar-refractivity contribution is 5.52. The number of benzene rings is 2. The SMILES string of the molecule is Fc1ccc(-c2nnc(CN3CCCN(c4ccccc4)CC3)o2)cc1. The van der Waals surface area contributed by atoms with Gasteiger partial charge >= 0.3 is 0 Å². The van der Waals surface area contributed by atoms with Gasteiger partial charge in [0.2, 0.25) is 11.8 Å². The molecule has 0 unspecified atom stereocenters. The van der Waals surface area contributed by atoms with Crippen LogP contribution in [0.15, 0.2) is 59.0 Å². The number of hydrogen-bond acceptors (Lipinski definition) is 5. The van der Waals surface area contributed by atoms with E-state index in [4.69, 9.17) is 4.42 Å². The number of rotatable bonds is 4. The molecule has 0 atom stereocenters. The highest BCUT2D eigenvalue weighted by Crippen LogP contribution is 2.20. The van der Waals surface area contributed by atoms with E-state index in [0.29, 0.717) is 18.3 Å². The van der Waals surface area contributed by atoms with Crippen LogP contribution in [0.5, 0.6) is 0 Å². The summed E-state index contributed by atoms with van der Waals surface area (Å²) in [7, 11) is 0. The van der Waals surface area contributed by atoms with Crippen LogP contribution in [0, 0.1) is 5.82 Å². The monoisotopic (exact) mass is 352 g/mol. The molecule has 6 heteroatoms. The van der Waals surface area contributed by atoms with Crippen molar-refractivity contribution < 1.29 is 8.81 Å². The lowest BCUT2D eigenvalue weighted by molar-refractivity contribution is 0.256. The molecule has 0 spiro atoms. The van der Waals surface area contributed by atoms with Crippen molar-refractivity contribution in [1.82, 2.24) is 15.1 Å². The van der Waals surface area contributed by atoms with Crippen molar-refractivity contribution in [3.05, 3.63) is 66.3 Å². The second-order valence-corrected chi connectivity index (χ2v) is 6.46. The van der Waals surface area contributed by atoms with E-state index in [1.165, 1.54) is 17.8 Å². The Morgan fingerprint density at radius 3 is 2.50 bits per heavy atom. The molecule has 0 amide bonds. The van der Waals surface area contributed by atoms with Crippen LogP contribution in [0.1, 0.15) is 12.3 Å². The van der Waals surface area contributed by atoms with Crippen molar-refractivity contribution >= 4 is 5.69 Å². The lowest BCUT2D eigenvalue weighted by Gasteiger charge is -2.23. The molecule has 0 aliphatic carbocycles. The molecule has 5 nitrogen and oxygen atoms in total. The topological polar surface area (TPSA) is 45.4 Å². The predicted octanol–water partition coefficient (Wildman–Crippen LogP) is 3.59. The van der Waals surface area contributed by atoms with E-state index < -0.39 is 0 Å². The third-order valence-electron chi connectivity index (χ3n) is 4.63. The summed E-state index contributed by atoms with van der Waals surface area (Å²) in [5, 5.41) is 8.24. The van der Waals surface area contributed by atoms with Gasteiger partial charge in [0.05, 0.1) is 6.54 Å². The smallest absolute Gasteiger partial charge is 0.247 e. The van der Waals surface area contributed by atoms with Crippen LogP contribution in [0.4, 0.5) is 10.1 Å². The van der Waals surface area contributed by atoms with E-state index in [2.05, 4.69) is 44.3 Å². The summed E-state index contributed by atoms with van der Waals surface area (Å²) in [6.45, 7) is 4.60. The first kappa shape index (κ1) is 16.7. The van der Waals surface area contributed by atoms with Gasteiger partial charge in [0, 0.05) is 37.4 Å². The molecule has 0 bridgehead atoms. The summed E-state index contributed by atoms with van der Waals surface area (Å²) in [5.74, 6) is 0.749. The van der Waals surface area contributed by atoms with Gasteiger partial charge in [-0.15, -0.1) is 10.2 Å². The predicted molar refractivity (Wildman–Crippen MR) is 98.2 cm³/mol. The highest BCUT2D eigenvalue weighted by atomic mass is 19.1. The Balaban J connectivity index is 1.38. The van der Waals surface area contributed by atoms with Gasteiger partial charge in [-0.1, -0.05) is 18.2 Å². The zero-order valence-corrected chi connectivity index (χ0v) is 14.5. The molecule has 26 heavy (non-hydrogen) atoms. The first-order chi connectivity index (χ1) is 12.8. The van der Waals surface area contributed by atoms with Crippen LogP contribution in [0.2, 0.25) is 0 Å². The fourth-order valence-corrected chi connectivity index (χ4v) is 3.24. The van der Waals surface area contributed by atoms with Gasteiger partial charge in [0.25, 0.3) is 0 Å². The second-order valence-electron chi connectivity index (χ2n) is 6.46. The Morgan fingerprint density at radius 1 is 0.885 bits per heavy atom. The number of halogens is 1. The fourth-order valence-electron chi connectivity index (χ4n) is 3.24. The number of para-hydroxylation sites is 1. The minimum atomic E-state index is -0.277. The zero-order chi connectivity index (χ0) is 17.8. The molecule has 2 aromatic carbocycles. The summed E-state index contributed by atoms with van der Waals surface area (Å²) in [4.78, 5) is 4.75. The highest BCUT2D eigenvalue weighted by Gasteiger charge is 2.18. The molecule has 2 heterocycles. The van der Waals surface area contributed by atoms with Gasteiger partial charge in [-0.25, -0.2) is 4.39 Å². The first-order valence-corrected chi connectivity index (χ1v) is 8.88.